The van der Waals surface area contributed by atoms with Gasteiger partial charge in [0, 0.05) is 4.88 Å². The Bertz CT molecular complexity index is 403. The monoisotopic (exact) mass is 333 g/mol. The average molecular weight is 334 g/mol. The number of carbonyl (C=O) groups is 1. The van der Waals surface area contributed by atoms with Gasteiger partial charge in [0.25, 0.3) is 0 Å². The first-order chi connectivity index (χ1) is 8.38. The Morgan fingerprint density at radius 2 is 2.00 bits per heavy atom. The predicted molar refractivity (Wildman–Crippen MR) is 78.8 cm³/mol. The molecule has 102 valence electrons. The van der Waals surface area contributed by atoms with E-state index in [1.54, 1.807) is 11.3 Å². The molecule has 0 saturated carbocycles. The number of rotatable bonds is 5. The Morgan fingerprint density at radius 3 is 2.33 bits per heavy atom. The molecule has 0 aliphatic carbocycles. The number of ether oxygens (including phenoxy) is 1. The summed E-state index contributed by atoms with van der Waals surface area (Å²) < 4.78 is 6.04. The van der Waals surface area contributed by atoms with E-state index in [0.29, 0.717) is 0 Å². The van der Waals surface area contributed by atoms with Crippen molar-refractivity contribution in [2.24, 2.45) is 11.8 Å². The number of halogens is 1. The molecule has 1 rings (SSSR count). The molecule has 0 bridgehead atoms. The van der Waals surface area contributed by atoms with Gasteiger partial charge in [0.2, 0.25) is 0 Å². The van der Waals surface area contributed by atoms with Gasteiger partial charge in [-0.25, -0.2) is 0 Å². The lowest BCUT2D eigenvalue weighted by atomic mass is 9.87. The van der Waals surface area contributed by atoms with Crippen molar-refractivity contribution < 1.29 is 9.53 Å². The molecule has 0 radical (unpaired) electrons. The van der Waals surface area contributed by atoms with Crippen molar-refractivity contribution in [1.82, 2.24) is 4.90 Å². The SMILES string of the molecule is COC(=O)C(C(C)C)C(c1ccc(Br)s1)N(C)C. The second-order valence-electron chi connectivity index (χ2n) is 4.84. The van der Waals surface area contributed by atoms with E-state index < -0.39 is 0 Å². The minimum Gasteiger partial charge on any atom is -0.469 e. The summed E-state index contributed by atoms with van der Waals surface area (Å²) in [6.45, 7) is 4.11. The van der Waals surface area contributed by atoms with Gasteiger partial charge in [-0.2, -0.15) is 0 Å². The van der Waals surface area contributed by atoms with E-state index >= 15 is 0 Å². The highest BCUT2D eigenvalue weighted by Crippen LogP contribution is 2.37. The summed E-state index contributed by atoms with van der Waals surface area (Å²) in [7, 11) is 5.45. The Labute approximate surface area is 121 Å². The molecule has 18 heavy (non-hydrogen) atoms. The maximum atomic E-state index is 12.0. The number of esters is 1. The predicted octanol–water partition coefficient (Wildman–Crippen LogP) is 3.56. The van der Waals surface area contributed by atoms with Crippen molar-refractivity contribution in [2.45, 2.75) is 19.9 Å². The summed E-state index contributed by atoms with van der Waals surface area (Å²) in [5.74, 6) is -0.0745. The molecule has 5 heteroatoms. The molecule has 3 nitrogen and oxygen atoms in total. The van der Waals surface area contributed by atoms with Crippen LogP contribution in [0.1, 0.15) is 24.8 Å². The largest absolute Gasteiger partial charge is 0.469 e. The second-order valence-corrected chi connectivity index (χ2v) is 7.34. The third-order valence-corrected chi connectivity index (χ3v) is 4.67. The van der Waals surface area contributed by atoms with Crippen LogP contribution < -0.4 is 0 Å². The zero-order chi connectivity index (χ0) is 13.9. The van der Waals surface area contributed by atoms with Crippen LogP contribution in [-0.2, 0) is 9.53 Å². The Kier molecular flexibility index (Phi) is 5.82. The van der Waals surface area contributed by atoms with E-state index in [-0.39, 0.29) is 23.8 Å². The minimum atomic E-state index is -0.157. The standard InChI is InChI=1S/C13H20BrNO2S/c1-8(2)11(13(16)17-5)12(15(3)4)9-6-7-10(14)18-9/h6-8,11-12H,1-5H3. The van der Waals surface area contributed by atoms with Crippen LogP contribution in [0.4, 0.5) is 0 Å². The molecule has 0 saturated heterocycles. The maximum Gasteiger partial charge on any atom is 0.310 e. The van der Waals surface area contributed by atoms with Crippen molar-refractivity contribution in [3.8, 4) is 0 Å². The van der Waals surface area contributed by atoms with Crippen LogP contribution >= 0.6 is 27.3 Å². The first-order valence-corrected chi connectivity index (χ1v) is 7.49. The van der Waals surface area contributed by atoms with Crippen LogP contribution in [-0.4, -0.2) is 32.1 Å². The number of nitrogens with zero attached hydrogens (tertiary/aromatic N) is 1. The van der Waals surface area contributed by atoms with Crippen LogP contribution in [0.5, 0.6) is 0 Å². The van der Waals surface area contributed by atoms with Crippen molar-refractivity contribution in [3.05, 3.63) is 20.8 Å². The molecule has 0 aliphatic rings. The minimum absolute atomic E-state index is 0.0498. The third kappa shape index (κ3) is 3.56. The number of carbonyl (C=O) groups excluding carboxylic acids is 1. The summed E-state index contributed by atoms with van der Waals surface area (Å²) in [5, 5.41) is 0. The van der Waals surface area contributed by atoms with Crippen molar-refractivity contribution in [3.63, 3.8) is 0 Å². The summed E-state index contributed by atoms with van der Waals surface area (Å²) in [5.41, 5.74) is 0. The molecular weight excluding hydrogens is 314 g/mol. The smallest absolute Gasteiger partial charge is 0.310 e. The molecule has 1 heterocycles. The topological polar surface area (TPSA) is 29.5 Å². The van der Waals surface area contributed by atoms with Gasteiger partial charge < -0.3 is 9.64 Å². The Morgan fingerprint density at radius 1 is 1.39 bits per heavy atom. The fraction of sp³-hybridized carbons (Fsp3) is 0.615. The molecule has 1 aromatic rings. The number of thiophene rings is 1. The van der Waals surface area contributed by atoms with Gasteiger partial charge in [-0.05, 0) is 48.1 Å². The van der Waals surface area contributed by atoms with Crippen LogP contribution in [0.25, 0.3) is 0 Å². The highest BCUT2D eigenvalue weighted by Gasteiger charge is 2.35. The Hall–Kier alpha value is -0.390. The average Bonchev–Trinajstić information content (AvgIpc) is 2.70. The fourth-order valence-corrected chi connectivity index (χ4v) is 3.81. The second kappa shape index (κ2) is 6.68. The lowest BCUT2D eigenvalue weighted by Crippen LogP contribution is -2.35. The molecule has 0 N–H and O–H groups in total. The van der Waals surface area contributed by atoms with E-state index in [4.69, 9.17) is 4.74 Å². The summed E-state index contributed by atoms with van der Waals surface area (Å²) >= 11 is 5.14. The molecule has 1 aromatic heterocycles. The van der Waals surface area contributed by atoms with Crippen LogP contribution in [0, 0.1) is 11.8 Å². The van der Waals surface area contributed by atoms with Crippen LogP contribution in [0.15, 0.2) is 15.9 Å². The van der Waals surface area contributed by atoms with Crippen LogP contribution in [0.3, 0.4) is 0 Å². The quantitative estimate of drug-likeness (QED) is 0.771. The molecular formula is C13H20BrNO2S. The number of hydrogen-bond acceptors (Lipinski definition) is 4. The lowest BCUT2D eigenvalue weighted by Gasteiger charge is -2.32. The highest BCUT2D eigenvalue weighted by molar-refractivity contribution is 9.11. The van der Waals surface area contributed by atoms with Gasteiger partial charge in [-0.3, -0.25) is 4.79 Å². The normalized spacial score (nSPS) is 14.9. The van der Waals surface area contributed by atoms with E-state index in [1.165, 1.54) is 12.0 Å². The van der Waals surface area contributed by atoms with E-state index in [9.17, 15) is 4.79 Å². The van der Waals surface area contributed by atoms with Gasteiger partial charge in [0.15, 0.2) is 0 Å². The van der Waals surface area contributed by atoms with Gasteiger partial charge in [-0.1, -0.05) is 13.8 Å². The summed E-state index contributed by atoms with van der Waals surface area (Å²) in [6, 6.07) is 4.14. The summed E-state index contributed by atoms with van der Waals surface area (Å²) in [6.07, 6.45) is 0. The van der Waals surface area contributed by atoms with Gasteiger partial charge in [0.05, 0.1) is 22.9 Å². The van der Waals surface area contributed by atoms with Crippen molar-refractivity contribution >= 4 is 33.2 Å². The van der Waals surface area contributed by atoms with E-state index in [1.807, 2.05) is 20.2 Å². The first kappa shape index (κ1) is 15.7. The molecule has 0 fully saturated rings. The summed E-state index contributed by atoms with van der Waals surface area (Å²) in [4.78, 5) is 15.3. The van der Waals surface area contributed by atoms with Crippen molar-refractivity contribution in [2.75, 3.05) is 21.2 Å². The van der Waals surface area contributed by atoms with Crippen LogP contribution in [0.2, 0.25) is 0 Å². The van der Waals surface area contributed by atoms with E-state index in [2.05, 4.69) is 40.7 Å². The fourth-order valence-electron chi connectivity index (χ4n) is 2.14. The lowest BCUT2D eigenvalue weighted by molar-refractivity contribution is -0.149. The highest BCUT2D eigenvalue weighted by atomic mass is 79.9. The molecule has 2 atom stereocenters. The molecule has 0 spiro atoms. The number of methoxy groups -OCH3 is 1. The van der Waals surface area contributed by atoms with Crippen molar-refractivity contribution in [1.29, 1.82) is 0 Å². The third-order valence-electron chi connectivity index (χ3n) is 2.97. The Balaban J connectivity index is 3.13. The van der Waals surface area contributed by atoms with Gasteiger partial charge in [-0.15, -0.1) is 11.3 Å². The molecule has 2 unspecified atom stereocenters. The van der Waals surface area contributed by atoms with Gasteiger partial charge in [0.1, 0.15) is 0 Å². The first-order valence-electron chi connectivity index (χ1n) is 5.88. The molecule has 0 amide bonds. The maximum absolute atomic E-state index is 12.0. The zero-order valence-corrected chi connectivity index (χ0v) is 13.8. The molecule has 0 aromatic carbocycles. The van der Waals surface area contributed by atoms with E-state index in [0.717, 1.165) is 3.79 Å². The number of hydrogen-bond donors (Lipinski definition) is 0. The zero-order valence-electron chi connectivity index (χ0n) is 11.4. The van der Waals surface area contributed by atoms with Gasteiger partial charge >= 0.3 is 5.97 Å². The molecule has 0 aliphatic heterocycles.